The molecule has 256 valence electrons. The number of carbonyl (C=O) groups is 3. The summed E-state index contributed by atoms with van der Waals surface area (Å²) in [5, 5.41) is 14.3. The van der Waals surface area contributed by atoms with Gasteiger partial charge in [-0.05, 0) is 73.6 Å². The maximum absolute atomic E-state index is 14.1. The molecule has 0 radical (unpaired) electrons. The first kappa shape index (κ1) is 37.1. The number of hydrogen-bond donors (Lipinski definition) is 4. The van der Waals surface area contributed by atoms with Crippen molar-refractivity contribution in [2.45, 2.75) is 71.0 Å². The molecule has 2 aromatic carbocycles. The van der Waals surface area contributed by atoms with Crippen molar-refractivity contribution in [3.63, 3.8) is 0 Å². The number of alkyl halides is 3. The lowest BCUT2D eigenvalue weighted by Gasteiger charge is -2.37. The minimum Gasteiger partial charge on any atom is -0.497 e. The third kappa shape index (κ3) is 10.6. The van der Waals surface area contributed by atoms with Crippen LogP contribution < -0.4 is 26.3 Å². The fourth-order valence-electron chi connectivity index (χ4n) is 5.62. The number of aliphatic hydroxyl groups is 1. The van der Waals surface area contributed by atoms with Gasteiger partial charge in [0.1, 0.15) is 11.5 Å². The van der Waals surface area contributed by atoms with Crippen LogP contribution in [0.25, 0.3) is 0 Å². The van der Waals surface area contributed by atoms with Crippen LogP contribution in [0.1, 0.15) is 50.7 Å². The van der Waals surface area contributed by atoms with Crippen molar-refractivity contribution in [2.24, 2.45) is 16.9 Å². The number of nitrogens with two attached hydrogens (primary N) is 2. The number of nitrogens with one attached hydrogen (secondary N) is 1. The average Bonchev–Trinajstić information content (AvgIpc) is 3.02. The smallest absolute Gasteiger partial charge is 0.497 e. The molecule has 2 aromatic rings. The molecule has 3 amide bonds. The van der Waals surface area contributed by atoms with E-state index in [1.165, 1.54) is 31.4 Å². The van der Waals surface area contributed by atoms with Crippen molar-refractivity contribution in [3.8, 4) is 11.5 Å². The Morgan fingerprint density at radius 2 is 1.66 bits per heavy atom. The van der Waals surface area contributed by atoms with Gasteiger partial charge in [-0.25, -0.2) is 0 Å². The number of hydrogen-bond acceptors (Lipinski definition) is 7. The van der Waals surface area contributed by atoms with Gasteiger partial charge in [-0.1, -0.05) is 44.2 Å². The van der Waals surface area contributed by atoms with Crippen LogP contribution >= 0.6 is 0 Å². The molecule has 0 aromatic heterocycles. The third-order valence-corrected chi connectivity index (χ3v) is 7.81. The molecule has 0 saturated heterocycles. The quantitative estimate of drug-likeness (QED) is 0.213. The van der Waals surface area contributed by atoms with Crippen LogP contribution in [0.15, 0.2) is 71.8 Å². The first-order valence-electron chi connectivity index (χ1n) is 15.4. The summed E-state index contributed by atoms with van der Waals surface area (Å²) in [4.78, 5) is 42.1. The van der Waals surface area contributed by atoms with Crippen LogP contribution in [0.5, 0.6) is 11.5 Å². The summed E-state index contributed by atoms with van der Waals surface area (Å²) in [6, 6.07) is 11.2. The van der Waals surface area contributed by atoms with E-state index in [0.717, 1.165) is 12.1 Å². The predicted molar refractivity (Wildman–Crippen MR) is 170 cm³/mol. The number of primary amides is 1. The van der Waals surface area contributed by atoms with Gasteiger partial charge in [0.2, 0.25) is 17.7 Å². The lowest BCUT2D eigenvalue weighted by Crippen LogP contribution is -2.48. The Balaban J connectivity index is 1.96. The second-order valence-corrected chi connectivity index (χ2v) is 11.6. The zero-order valence-electron chi connectivity index (χ0n) is 26.8. The van der Waals surface area contributed by atoms with E-state index in [1.54, 1.807) is 29.2 Å². The molecule has 3 rings (SSSR count). The summed E-state index contributed by atoms with van der Waals surface area (Å²) in [6.07, 6.45) is -2.70. The van der Waals surface area contributed by atoms with Crippen molar-refractivity contribution in [2.75, 3.05) is 20.2 Å². The van der Waals surface area contributed by atoms with E-state index in [2.05, 4.69) is 10.1 Å². The van der Waals surface area contributed by atoms with E-state index in [0.29, 0.717) is 42.8 Å². The fourth-order valence-corrected chi connectivity index (χ4v) is 5.62. The summed E-state index contributed by atoms with van der Waals surface area (Å²) in [5.41, 5.74) is 11.6. The van der Waals surface area contributed by atoms with Gasteiger partial charge in [0.25, 0.3) is 0 Å². The maximum Gasteiger partial charge on any atom is 0.573 e. The lowest BCUT2D eigenvalue weighted by molar-refractivity contribution is -0.274. The van der Waals surface area contributed by atoms with Crippen LogP contribution in [0.3, 0.4) is 0 Å². The molecule has 1 aliphatic carbocycles. The van der Waals surface area contributed by atoms with Crippen molar-refractivity contribution in [1.29, 1.82) is 0 Å². The van der Waals surface area contributed by atoms with Gasteiger partial charge in [0.05, 0.1) is 18.6 Å². The highest BCUT2D eigenvalue weighted by atomic mass is 19.4. The molecule has 3 atom stereocenters. The molecule has 0 saturated carbocycles. The van der Waals surface area contributed by atoms with Crippen LogP contribution in [-0.2, 0) is 27.3 Å². The molecule has 6 N–H and O–H groups in total. The molecule has 10 nitrogen and oxygen atoms in total. The Morgan fingerprint density at radius 1 is 1.04 bits per heavy atom. The molecule has 13 heteroatoms. The van der Waals surface area contributed by atoms with Gasteiger partial charge in [0, 0.05) is 36.8 Å². The van der Waals surface area contributed by atoms with Crippen LogP contribution in [0.4, 0.5) is 13.2 Å². The predicted octanol–water partition coefficient (Wildman–Crippen LogP) is 3.91. The summed E-state index contributed by atoms with van der Waals surface area (Å²) >= 11 is 0. The summed E-state index contributed by atoms with van der Waals surface area (Å²) in [5.74, 6) is -1.66. The number of halogens is 3. The maximum atomic E-state index is 14.1. The Kier molecular flexibility index (Phi) is 13.0. The summed E-state index contributed by atoms with van der Waals surface area (Å²) < 4.78 is 47.6. The highest BCUT2D eigenvalue weighted by Crippen LogP contribution is 2.40. The minimum absolute atomic E-state index is 0.0630. The van der Waals surface area contributed by atoms with Crippen molar-refractivity contribution in [3.05, 3.63) is 83.0 Å². The summed E-state index contributed by atoms with van der Waals surface area (Å²) in [6.45, 7) is 4.84. The largest absolute Gasteiger partial charge is 0.573 e. The molecule has 0 heterocycles. The molecule has 0 fully saturated rings. The SMILES string of the molecule is CCCN(CCC)C(=O)C1=CC(C(N)=O)=CC(C[C@@H](O)[C@@H](N)Cc2cccc(OC(F)(F)F)c2)(C(=O)NCc2cccc(OC)c2)C1. The van der Waals surface area contributed by atoms with Gasteiger partial charge in [-0.3, -0.25) is 14.4 Å². The molecule has 0 spiro atoms. The lowest BCUT2D eigenvalue weighted by atomic mass is 9.70. The molecule has 0 bridgehead atoms. The van der Waals surface area contributed by atoms with E-state index in [4.69, 9.17) is 16.2 Å². The van der Waals surface area contributed by atoms with Gasteiger partial charge in [-0.2, -0.15) is 0 Å². The van der Waals surface area contributed by atoms with Gasteiger partial charge < -0.3 is 36.3 Å². The van der Waals surface area contributed by atoms with Crippen LogP contribution in [-0.4, -0.2) is 66.4 Å². The number of rotatable bonds is 16. The molecular weight excluding hydrogens is 617 g/mol. The molecular formula is C34H43F3N4O6. The standard InChI is InChI=1S/C34H43F3N4O6/c1-4-12-41(13-5-2)31(44)25-17-24(30(39)43)18-33(19-25,32(45)40-21-23-9-7-10-26(15-23)46-3)20-29(42)28(38)16-22-8-6-11-27(14-22)47-34(35,36)37/h6-11,14-15,17-18,28-29,42H,4-5,12-13,16,19-21,38H2,1-3H3,(H2,39,43)(H,40,45)/t28-,29+,33?/m0/s1. The second-order valence-electron chi connectivity index (χ2n) is 11.6. The zero-order valence-corrected chi connectivity index (χ0v) is 26.8. The van der Waals surface area contributed by atoms with E-state index in [-0.39, 0.29) is 42.9 Å². The minimum atomic E-state index is -4.89. The number of carbonyl (C=O) groups excluding carboxylic acids is 3. The highest BCUT2D eigenvalue weighted by molar-refractivity contribution is 6.03. The topological polar surface area (TPSA) is 157 Å². The molecule has 47 heavy (non-hydrogen) atoms. The Labute approximate surface area is 272 Å². The van der Waals surface area contributed by atoms with E-state index in [1.807, 2.05) is 13.8 Å². The van der Waals surface area contributed by atoms with E-state index >= 15 is 0 Å². The molecule has 0 aliphatic heterocycles. The Bertz CT molecular complexity index is 1470. The Morgan fingerprint density at radius 3 is 2.26 bits per heavy atom. The van der Waals surface area contributed by atoms with Crippen molar-refractivity contribution >= 4 is 17.7 Å². The van der Waals surface area contributed by atoms with Gasteiger partial charge in [0.15, 0.2) is 0 Å². The average molecular weight is 661 g/mol. The third-order valence-electron chi connectivity index (χ3n) is 7.81. The first-order chi connectivity index (χ1) is 22.2. The molecule has 1 unspecified atom stereocenters. The van der Waals surface area contributed by atoms with Crippen molar-refractivity contribution < 1.29 is 42.1 Å². The van der Waals surface area contributed by atoms with Crippen LogP contribution in [0.2, 0.25) is 0 Å². The number of ether oxygens (including phenoxy) is 2. The number of benzene rings is 2. The zero-order chi connectivity index (χ0) is 34.8. The van der Waals surface area contributed by atoms with E-state index in [9.17, 15) is 32.7 Å². The fraction of sp³-hybridized carbons (Fsp3) is 0.441. The van der Waals surface area contributed by atoms with Gasteiger partial charge >= 0.3 is 6.36 Å². The monoisotopic (exact) mass is 660 g/mol. The molecule has 1 aliphatic rings. The second kappa shape index (κ2) is 16.5. The number of nitrogens with zero attached hydrogens (tertiary/aromatic N) is 1. The van der Waals surface area contributed by atoms with Gasteiger partial charge in [-0.15, -0.1) is 13.2 Å². The number of methoxy groups -OCH3 is 1. The number of amides is 3. The van der Waals surface area contributed by atoms with Crippen molar-refractivity contribution in [1.82, 2.24) is 10.2 Å². The number of aliphatic hydroxyl groups excluding tert-OH is 1. The Hall–Kier alpha value is -4.36. The first-order valence-corrected chi connectivity index (χ1v) is 15.4. The van der Waals surface area contributed by atoms with E-state index < -0.39 is 41.5 Å². The normalized spacial score (nSPS) is 17.5. The van der Waals surface area contributed by atoms with Crippen LogP contribution in [0, 0.1) is 5.41 Å². The summed E-state index contributed by atoms with van der Waals surface area (Å²) in [7, 11) is 1.51. The highest BCUT2D eigenvalue weighted by Gasteiger charge is 2.44.